The summed E-state index contributed by atoms with van der Waals surface area (Å²) < 4.78 is 0. The number of aromatic amines is 1. The Bertz CT molecular complexity index is 1470. The van der Waals surface area contributed by atoms with Gasteiger partial charge in [0.25, 0.3) is 5.91 Å². The first kappa shape index (κ1) is 23.6. The Morgan fingerprint density at radius 1 is 1.06 bits per heavy atom. The van der Waals surface area contributed by atoms with Crippen LogP contribution in [0.1, 0.15) is 30.9 Å². The Morgan fingerprint density at radius 2 is 1.83 bits per heavy atom. The monoisotopic (exact) mass is 494 g/mol. The van der Waals surface area contributed by atoms with E-state index < -0.39 is 0 Å². The SMILES string of the molecule is CC(C)c1ccc(/C=C2\N=C(SCC(=O)Nc3ccc4cc[nH]c4c3)N(c3ccccc3)C2=O)cc1. The van der Waals surface area contributed by atoms with Crippen LogP contribution < -0.4 is 10.2 Å². The van der Waals surface area contributed by atoms with Crippen LogP contribution in [0.2, 0.25) is 0 Å². The van der Waals surface area contributed by atoms with Crippen molar-refractivity contribution >= 4 is 57.1 Å². The fourth-order valence-electron chi connectivity index (χ4n) is 3.99. The van der Waals surface area contributed by atoms with Gasteiger partial charge in [-0.05, 0) is 58.8 Å². The third kappa shape index (κ3) is 5.11. The highest BCUT2D eigenvalue weighted by Crippen LogP contribution is 2.30. The normalized spacial score (nSPS) is 14.6. The number of para-hydroxylation sites is 1. The predicted molar refractivity (Wildman–Crippen MR) is 149 cm³/mol. The number of hydrogen-bond acceptors (Lipinski definition) is 4. The quantitative estimate of drug-likeness (QED) is 0.304. The second kappa shape index (κ2) is 10.3. The molecule has 36 heavy (non-hydrogen) atoms. The Morgan fingerprint density at radius 3 is 2.58 bits per heavy atom. The van der Waals surface area contributed by atoms with E-state index in [1.54, 1.807) is 11.0 Å². The number of rotatable bonds is 6. The number of amidine groups is 1. The molecule has 5 rings (SSSR count). The number of hydrogen-bond donors (Lipinski definition) is 2. The van der Waals surface area contributed by atoms with E-state index in [0.717, 1.165) is 16.5 Å². The Hall–Kier alpha value is -4.10. The molecule has 0 unspecified atom stereocenters. The van der Waals surface area contributed by atoms with E-state index in [1.165, 1.54) is 17.3 Å². The Balaban J connectivity index is 1.35. The zero-order chi connectivity index (χ0) is 25.1. The minimum absolute atomic E-state index is 0.120. The van der Waals surface area contributed by atoms with E-state index in [9.17, 15) is 9.59 Å². The Kier molecular flexibility index (Phi) is 6.73. The van der Waals surface area contributed by atoms with Gasteiger partial charge in [-0.1, -0.05) is 74.1 Å². The van der Waals surface area contributed by atoms with Gasteiger partial charge in [-0.3, -0.25) is 14.5 Å². The van der Waals surface area contributed by atoms with Crippen LogP contribution in [0.5, 0.6) is 0 Å². The highest BCUT2D eigenvalue weighted by Gasteiger charge is 2.32. The minimum Gasteiger partial charge on any atom is -0.361 e. The fraction of sp³-hybridized carbons (Fsp3) is 0.138. The molecule has 6 nitrogen and oxygen atoms in total. The lowest BCUT2D eigenvalue weighted by Crippen LogP contribution is -2.31. The number of carbonyl (C=O) groups excluding carboxylic acids is 2. The zero-order valence-corrected chi connectivity index (χ0v) is 20.9. The molecule has 2 heterocycles. The van der Waals surface area contributed by atoms with E-state index >= 15 is 0 Å². The number of benzene rings is 3. The molecular weight excluding hydrogens is 468 g/mol. The summed E-state index contributed by atoms with van der Waals surface area (Å²) in [5, 5.41) is 4.49. The molecule has 1 aliphatic heterocycles. The molecule has 0 atom stereocenters. The van der Waals surface area contributed by atoms with E-state index in [1.807, 2.05) is 72.9 Å². The van der Waals surface area contributed by atoms with E-state index in [0.29, 0.717) is 28.2 Å². The van der Waals surface area contributed by atoms with Gasteiger partial charge in [-0.15, -0.1) is 0 Å². The fourth-order valence-corrected chi connectivity index (χ4v) is 4.80. The maximum atomic E-state index is 13.4. The van der Waals surface area contributed by atoms with Crippen molar-refractivity contribution < 1.29 is 9.59 Å². The molecule has 2 amide bonds. The molecule has 1 aliphatic rings. The van der Waals surface area contributed by atoms with Crippen LogP contribution in [0.3, 0.4) is 0 Å². The maximum Gasteiger partial charge on any atom is 0.283 e. The molecule has 3 aromatic carbocycles. The van der Waals surface area contributed by atoms with Gasteiger partial charge in [0.15, 0.2) is 5.17 Å². The minimum atomic E-state index is -0.214. The van der Waals surface area contributed by atoms with Gasteiger partial charge in [-0.25, -0.2) is 4.99 Å². The third-order valence-corrected chi connectivity index (χ3v) is 6.86. The molecule has 0 fully saturated rings. The average Bonchev–Trinajstić information content (AvgIpc) is 3.47. The summed E-state index contributed by atoms with van der Waals surface area (Å²) in [5.41, 5.74) is 4.87. The maximum absolute atomic E-state index is 13.4. The molecule has 2 N–H and O–H groups in total. The lowest BCUT2D eigenvalue weighted by Gasteiger charge is -2.17. The number of thioether (sulfide) groups is 1. The highest BCUT2D eigenvalue weighted by atomic mass is 32.2. The van der Waals surface area contributed by atoms with Crippen LogP contribution in [-0.4, -0.2) is 27.7 Å². The van der Waals surface area contributed by atoms with Gasteiger partial charge in [0.1, 0.15) is 5.70 Å². The van der Waals surface area contributed by atoms with Crippen LogP contribution in [0.4, 0.5) is 11.4 Å². The summed E-state index contributed by atoms with van der Waals surface area (Å²) >= 11 is 1.24. The van der Waals surface area contributed by atoms with Gasteiger partial charge >= 0.3 is 0 Å². The molecular formula is C29H26N4O2S. The molecule has 0 saturated heterocycles. The zero-order valence-electron chi connectivity index (χ0n) is 20.1. The molecule has 0 bridgehead atoms. The van der Waals surface area contributed by atoms with Gasteiger partial charge in [0.2, 0.25) is 5.91 Å². The second-order valence-corrected chi connectivity index (χ2v) is 9.78. The largest absolute Gasteiger partial charge is 0.361 e. The first-order valence-electron chi connectivity index (χ1n) is 11.8. The van der Waals surface area contributed by atoms with Crippen molar-refractivity contribution in [1.29, 1.82) is 0 Å². The highest BCUT2D eigenvalue weighted by molar-refractivity contribution is 8.14. The van der Waals surface area contributed by atoms with Gasteiger partial charge in [0.05, 0.1) is 11.4 Å². The average molecular weight is 495 g/mol. The summed E-state index contributed by atoms with van der Waals surface area (Å²) in [6, 6.07) is 25.2. The summed E-state index contributed by atoms with van der Waals surface area (Å²) in [5.74, 6) is 0.171. The molecule has 0 spiro atoms. The van der Waals surface area contributed by atoms with E-state index in [-0.39, 0.29) is 17.6 Å². The first-order valence-corrected chi connectivity index (χ1v) is 12.8. The van der Waals surface area contributed by atoms with Crippen molar-refractivity contribution in [2.45, 2.75) is 19.8 Å². The van der Waals surface area contributed by atoms with Crippen LogP contribution in [0.15, 0.2) is 95.7 Å². The molecule has 4 aromatic rings. The van der Waals surface area contributed by atoms with Gasteiger partial charge in [0, 0.05) is 17.4 Å². The van der Waals surface area contributed by atoms with Gasteiger partial charge < -0.3 is 10.3 Å². The van der Waals surface area contributed by atoms with Crippen LogP contribution in [0, 0.1) is 0 Å². The number of nitrogens with zero attached hydrogens (tertiary/aromatic N) is 2. The topological polar surface area (TPSA) is 77.6 Å². The second-order valence-electron chi connectivity index (χ2n) is 8.84. The number of anilines is 2. The van der Waals surface area contributed by atoms with Crippen LogP contribution in [-0.2, 0) is 9.59 Å². The number of nitrogens with one attached hydrogen (secondary N) is 2. The molecule has 180 valence electrons. The molecule has 7 heteroatoms. The van der Waals surface area contributed by atoms with Crippen molar-refractivity contribution in [1.82, 2.24) is 4.98 Å². The molecule has 0 saturated carbocycles. The first-order chi connectivity index (χ1) is 17.5. The van der Waals surface area contributed by atoms with Crippen molar-refractivity contribution in [3.63, 3.8) is 0 Å². The number of amides is 2. The molecule has 0 aliphatic carbocycles. The number of aliphatic imine (C=N–C) groups is 1. The van der Waals surface area contributed by atoms with E-state index in [2.05, 4.69) is 41.3 Å². The van der Waals surface area contributed by atoms with Crippen LogP contribution in [0.25, 0.3) is 17.0 Å². The molecule has 0 radical (unpaired) electrons. The van der Waals surface area contributed by atoms with E-state index in [4.69, 9.17) is 0 Å². The van der Waals surface area contributed by atoms with Gasteiger partial charge in [-0.2, -0.15) is 0 Å². The summed E-state index contributed by atoms with van der Waals surface area (Å²) in [7, 11) is 0. The lowest BCUT2D eigenvalue weighted by molar-refractivity contribution is -0.114. The standard InChI is InChI=1S/C29H26N4O2S/c1-19(2)21-10-8-20(9-11-21)16-26-28(35)33(24-6-4-3-5-7-24)29(32-26)36-18-27(34)31-23-13-12-22-14-15-30-25(22)17-23/h3-17,19,30H,18H2,1-2H3,(H,31,34)/b26-16-. The number of H-pyrrole nitrogens is 1. The summed E-state index contributed by atoms with van der Waals surface area (Å²) in [6.45, 7) is 4.29. The van der Waals surface area contributed by atoms with Crippen molar-refractivity contribution in [3.05, 3.63) is 102 Å². The summed E-state index contributed by atoms with van der Waals surface area (Å²) in [6.07, 6.45) is 3.66. The number of carbonyl (C=O) groups is 2. The number of aromatic nitrogens is 1. The van der Waals surface area contributed by atoms with Crippen LogP contribution >= 0.6 is 11.8 Å². The van der Waals surface area contributed by atoms with Crippen molar-refractivity contribution in [3.8, 4) is 0 Å². The smallest absolute Gasteiger partial charge is 0.283 e. The van der Waals surface area contributed by atoms with Crippen molar-refractivity contribution in [2.24, 2.45) is 4.99 Å². The number of fused-ring (bicyclic) bond motifs is 1. The third-order valence-electron chi connectivity index (χ3n) is 5.92. The molecule has 1 aromatic heterocycles. The summed E-state index contributed by atoms with van der Waals surface area (Å²) in [4.78, 5) is 35.4. The lowest BCUT2D eigenvalue weighted by atomic mass is 10.0. The predicted octanol–water partition coefficient (Wildman–Crippen LogP) is 6.41. The Labute approximate surface area is 214 Å². The van der Waals surface area contributed by atoms with Crippen molar-refractivity contribution in [2.75, 3.05) is 16.0 Å².